The van der Waals surface area contributed by atoms with E-state index >= 15 is 0 Å². The third kappa shape index (κ3) is 4.89. The number of carbonyl (C=O) groups is 1. The Labute approximate surface area is 185 Å². The van der Waals surface area contributed by atoms with Gasteiger partial charge in [-0.15, -0.1) is 0 Å². The maximum absolute atomic E-state index is 14.6. The number of halogens is 2. The van der Waals surface area contributed by atoms with Crippen molar-refractivity contribution >= 4 is 22.8 Å². The average molecular weight is 449 g/mol. The summed E-state index contributed by atoms with van der Waals surface area (Å²) in [5.41, 5.74) is 0.862. The van der Waals surface area contributed by atoms with Gasteiger partial charge >= 0.3 is 6.03 Å². The summed E-state index contributed by atoms with van der Waals surface area (Å²) in [5, 5.41) is 7.11. The van der Waals surface area contributed by atoms with Crippen molar-refractivity contribution in [3.63, 3.8) is 0 Å². The summed E-state index contributed by atoms with van der Waals surface area (Å²) in [6.45, 7) is 0.793. The largest absolute Gasteiger partial charge is 0.365 e. The molecule has 1 unspecified atom stereocenters. The molecule has 0 spiro atoms. The van der Waals surface area contributed by atoms with Crippen LogP contribution in [0, 0.1) is 11.6 Å². The average Bonchev–Trinajstić information content (AvgIpc) is 3.15. The predicted molar refractivity (Wildman–Crippen MR) is 118 cm³/mol. The second-order valence-corrected chi connectivity index (χ2v) is 8.73. The van der Waals surface area contributed by atoms with E-state index < -0.39 is 22.5 Å². The fourth-order valence-corrected chi connectivity index (χ4v) is 4.80. The Balaban J connectivity index is 2.12. The molecule has 31 heavy (non-hydrogen) atoms. The molecule has 0 aromatic heterocycles. The van der Waals surface area contributed by atoms with Gasteiger partial charge in [-0.05, 0) is 57.2 Å². The molecule has 2 aromatic rings. The van der Waals surface area contributed by atoms with Crippen LogP contribution in [0.3, 0.4) is 0 Å². The molecule has 0 saturated heterocycles. The summed E-state index contributed by atoms with van der Waals surface area (Å²) in [4.78, 5) is 19.4. The van der Waals surface area contributed by atoms with Gasteiger partial charge in [-0.25, -0.2) is 18.6 Å². The van der Waals surface area contributed by atoms with E-state index in [4.69, 9.17) is 4.84 Å². The van der Waals surface area contributed by atoms with Gasteiger partial charge < -0.3 is 4.90 Å². The highest BCUT2D eigenvalue weighted by Crippen LogP contribution is 2.51. The van der Waals surface area contributed by atoms with Crippen LogP contribution in [-0.4, -0.2) is 60.8 Å². The molecule has 0 aliphatic carbocycles. The number of hydrogen-bond acceptors (Lipinski definition) is 5. The zero-order chi connectivity index (χ0) is 22.6. The summed E-state index contributed by atoms with van der Waals surface area (Å²) >= 11 is 1.25. The van der Waals surface area contributed by atoms with Crippen LogP contribution >= 0.6 is 11.8 Å². The number of hydroxylamine groups is 2. The van der Waals surface area contributed by atoms with Gasteiger partial charge in [0.2, 0.25) is 0 Å². The number of thioether (sulfide) groups is 1. The van der Waals surface area contributed by atoms with Crippen molar-refractivity contribution in [3.8, 4) is 0 Å². The van der Waals surface area contributed by atoms with Crippen molar-refractivity contribution in [3.05, 3.63) is 71.3 Å². The zero-order valence-electron chi connectivity index (χ0n) is 18.0. The Morgan fingerprint density at radius 2 is 1.87 bits per heavy atom. The van der Waals surface area contributed by atoms with Crippen LogP contribution in [0.2, 0.25) is 0 Å². The molecule has 2 amide bonds. The predicted octanol–water partition coefficient (Wildman–Crippen LogP) is 4.48. The van der Waals surface area contributed by atoms with Crippen molar-refractivity contribution in [1.82, 2.24) is 15.0 Å². The molecule has 6 nitrogen and oxygen atoms in total. The third-order valence-corrected chi connectivity index (χ3v) is 6.47. The van der Waals surface area contributed by atoms with E-state index in [0.717, 1.165) is 41.8 Å². The van der Waals surface area contributed by atoms with Crippen LogP contribution < -0.4 is 0 Å². The lowest BCUT2D eigenvalue weighted by molar-refractivity contribution is -0.0806. The summed E-state index contributed by atoms with van der Waals surface area (Å²) in [6, 6.07) is 12.2. The van der Waals surface area contributed by atoms with Gasteiger partial charge in [-0.2, -0.15) is 10.1 Å². The van der Waals surface area contributed by atoms with Crippen LogP contribution in [-0.2, 0) is 9.71 Å². The van der Waals surface area contributed by atoms with Gasteiger partial charge in [0.25, 0.3) is 0 Å². The Morgan fingerprint density at radius 3 is 2.52 bits per heavy atom. The van der Waals surface area contributed by atoms with E-state index in [9.17, 15) is 13.6 Å². The van der Waals surface area contributed by atoms with Crippen molar-refractivity contribution in [1.29, 1.82) is 0 Å². The minimum Gasteiger partial charge on any atom is -0.309 e. The smallest absolute Gasteiger partial charge is 0.309 e. The first kappa shape index (κ1) is 23.2. The molecule has 0 radical (unpaired) electrons. The fraction of sp³-hybridized carbons (Fsp3) is 0.364. The molecule has 0 bridgehead atoms. The number of amides is 2. The van der Waals surface area contributed by atoms with E-state index in [1.165, 1.54) is 30.9 Å². The second-order valence-electron chi connectivity index (χ2n) is 7.46. The molecule has 0 saturated carbocycles. The van der Waals surface area contributed by atoms with Crippen molar-refractivity contribution in [2.75, 3.05) is 34.8 Å². The minimum atomic E-state index is -0.935. The standard InChI is InChI=1S/C22H26F2N4O2S/c1-26(2)14-8-13-22(16-9-6-5-7-10-16)28(21(29)27(3)30-4)25-20(31-22)18-15-17(23)11-12-19(18)24/h5-7,9-12,15H,8,13-14H2,1-4H3. The lowest BCUT2D eigenvalue weighted by atomic mass is 10.0. The Hall–Kier alpha value is -2.49. The molecule has 3 rings (SSSR count). The van der Waals surface area contributed by atoms with Crippen molar-refractivity contribution in [2.24, 2.45) is 5.10 Å². The molecule has 0 fully saturated rings. The molecular formula is C22H26F2N4O2S. The van der Waals surface area contributed by atoms with Gasteiger partial charge in [0, 0.05) is 12.6 Å². The third-order valence-electron chi connectivity index (χ3n) is 5.03. The topological polar surface area (TPSA) is 48.4 Å². The quantitative estimate of drug-likeness (QED) is 0.586. The maximum Gasteiger partial charge on any atom is 0.365 e. The van der Waals surface area contributed by atoms with Crippen LogP contribution in [0.25, 0.3) is 0 Å². The van der Waals surface area contributed by atoms with Crippen molar-refractivity contribution < 1.29 is 18.4 Å². The van der Waals surface area contributed by atoms with Gasteiger partial charge in [-0.1, -0.05) is 42.1 Å². The van der Waals surface area contributed by atoms with Crippen LogP contribution in [0.15, 0.2) is 53.6 Å². The van der Waals surface area contributed by atoms with E-state index in [-0.39, 0.29) is 10.6 Å². The highest BCUT2D eigenvalue weighted by molar-refractivity contribution is 8.15. The fourth-order valence-electron chi connectivity index (χ4n) is 3.39. The second kappa shape index (κ2) is 9.76. The molecule has 9 heteroatoms. The number of urea groups is 1. The van der Waals surface area contributed by atoms with Gasteiger partial charge in [0.05, 0.1) is 7.11 Å². The van der Waals surface area contributed by atoms with Crippen LogP contribution in [0.4, 0.5) is 13.6 Å². The van der Waals surface area contributed by atoms with E-state index in [1.807, 2.05) is 44.4 Å². The summed E-state index contributed by atoms with van der Waals surface area (Å²) in [7, 11) is 6.82. The molecule has 1 heterocycles. The maximum atomic E-state index is 14.6. The zero-order valence-corrected chi connectivity index (χ0v) is 18.8. The summed E-state index contributed by atoms with van der Waals surface area (Å²) < 4.78 is 28.5. The van der Waals surface area contributed by atoms with E-state index in [2.05, 4.69) is 10.0 Å². The summed E-state index contributed by atoms with van der Waals surface area (Å²) in [5.74, 6) is -1.17. The molecule has 0 N–H and O–H groups in total. The van der Waals surface area contributed by atoms with Gasteiger partial charge in [0.15, 0.2) is 0 Å². The minimum absolute atomic E-state index is 0.0216. The number of hydrogen-bond donors (Lipinski definition) is 0. The molecular weight excluding hydrogens is 422 g/mol. The molecule has 1 aliphatic rings. The van der Waals surface area contributed by atoms with Crippen LogP contribution in [0.5, 0.6) is 0 Å². The monoisotopic (exact) mass is 448 g/mol. The van der Waals surface area contributed by atoms with Gasteiger partial charge in [-0.3, -0.25) is 4.84 Å². The van der Waals surface area contributed by atoms with Crippen molar-refractivity contribution in [2.45, 2.75) is 17.7 Å². The summed E-state index contributed by atoms with van der Waals surface area (Å²) in [6.07, 6.45) is 1.30. The number of carbonyl (C=O) groups excluding carboxylic acids is 1. The molecule has 2 aromatic carbocycles. The number of benzene rings is 2. The lowest BCUT2D eigenvalue weighted by Gasteiger charge is -2.37. The first-order valence-electron chi connectivity index (χ1n) is 9.84. The number of hydrazone groups is 1. The molecule has 1 aliphatic heterocycles. The molecule has 1 atom stereocenters. The van der Waals surface area contributed by atoms with E-state index in [1.54, 1.807) is 0 Å². The molecule has 166 valence electrons. The van der Waals surface area contributed by atoms with Gasteiger partial charge in [0.1, 0.15) is 21.5 Å². The normalized spacial score (nSPS) is 18.4. The first-order valence-corrected chi connectivity index (χ1v) is 10.7. The lowest BCUT2D eigenvalue weighted by Crippen LogP contribution is -2.47. The van der Waals surface area contributed by atoms with Crippen LogP contribution in [0.1, 0.15) is 24.0 Å². The highest BCUT2D eigenvalue weighted by Gasteiger charge is 2.49. The first-order chi connectivity index (χ1) is 14.8. The number of nitrogens with zero attached hydrogens (tertiary/aromatic N) is 4. The Morgan fingerprint density at radius 1 is 1.16 bits per heavy atom. The SMILES string of the molecule is CON(C)C(=O)N1N=C(c2cc(F)ccc2F)SC1(CCCN(C)C)c1ccccc1. The Kier molecular flexibility index (Phi) is 7.30. The highest BCUT2D eigenvalue weighted by atomic mass is 32.2. The number of rotatable bonds is 7. The Bertz CT molecular complexity index is 958. The van der Waals surface area contributed by atoms with E-state index in [0.29, 0.717) is 6.42 Å².